The molecular weight excluding hydrogens is 564 g/mol. The molecule has 0 radical (unpaired) electrons. The number of carbonyl (C=O) groups excluding carboxylic acids is 2. The largest absolute Gasteiger partial charge is 0.350 e. The van der Waals surface area contributed by atoms with Crippen molar-refractivity contribution in [2.75, 3.05) is 29.4 Å². The van der Waals surface area contributed by atoms with Gasteiger partial charge >= 0.3 is 0 Å². The van der Waals surface area contributed by atoms with Crippen molar-refractivity contribution in [2.24, 2.45) is 5.92 Å². The van der Waals surface area contributed by atoms with Crippen molar-refractivity contribution in [3.63, 3.8) is 0 Å². The number of anilines is 2. The number of nitrogens with one attached hydrogen (secondary N) is 1. The van der Waals surface area contributed by atoms with Crippen LogP contribution < -0.4 is 15.1 Å². The fourth-order valence-electron chi connectivity index (χ4n) is 6.20. The van der Waals surface area contributed by atoms with Gasteiger partial charge in [-0.05, 0) is 55.4 Å². The molecular formula is C28H25ClF4N6O2. The van der Waals surface area contributed by atoms with E-state index >= 15 is 0 Å². The number of pyridine rings is 1. The van der Waals surface area contributed by atoms with Gasteiger partial charge in [-0.15, -0.1) is 0 Å². The van der Waals surface area contributed by atoms with Crippen LogP contribution in [0, 0.1) is 17.7 Å². The van der Waals surface area contributed by atoms with Crippen LogP contribution in [0.4, 0.5) is 29.1 Å². The first-order chi connectivity index (χ1) is 19.7. The lowest BCUT2D eigenvalue weighted by atomic mass is 9.74. The van der Waals surface area contributed by atoms with Crippen LogP contribution in [0.1, 0.15) is 53.7 Å². The molecule has 1 aliphatic carbocycles. The van der Waals surface area contributed by atoms with Crippen molar-refractivity contribution >= 4 is 34.9 Å². The quantitative estimate of drug-likeness (QED) is 0.415. The lowest BCUT2D eigenvalue weighted by Gasteiger charge is -2.47. The number of rotatable bonds is 6. The van der Waals surface area contributed by atoms with Crippen molar-refractivity contribution in [3.8, 4) is 0 Å². The molecule has 0 unspecified atom stereocenters. The molecule has 13 heteroatoms. The van der Waals surface area contributed by atoms with Gasteiger partial charge in [0, 0.05) is 44.3 Å². The lowest BCUT2D eigenvalue weighted by molar-refractivity contribution is -0.124. The highest BCUT2D eigenvalue weighted by Crippen LogP contribution is 2.49. The molecule has 0 bridgehead atoms. The van der Waals surface area contributed by atoms with Gasteiger partial charge in [0.05, 0.1) is 16.3 Å². The topological polar surface area (TPSA) is 91.3 Å². The Morgan fingerprint density at radius 2 is 1.80 bits per heavy atom. The summed E-state index contributed by atoms with van der Waals surface area (Å²) >= 11 is 5.88. The number of carbonyl (C=O) groups is 2. The highest BCUT2D eigenvalue weighted by Gasteiger charge is 2.59. The maximum atomic E-state index is 14.3. The van der Waals surface area contributed by atoms with Crippen molar-refractivity contribution < 1.29 is 27.2 Å². The van der Waals surface area contributed by atoms with E-state index in [4.69, 9.17) is 11.6 Å². The highest BCUT2D eigenvalue weighted by molar-refractivity contribution is 6.30. The van der Waals surface area contributed by atoms with Gasteiger partial charge in [-0.3, -0.25) is 14.6 Å². The molecule has 4 heterocycles. The van der Waals surface area contributed by atoms with Gasteiger partial charge in [-0.2, -0.15) is 4.39 Å². The Balaban J connectivity index is 1.12. The molecule has 6 rings (SSSR count). The summed E-state index contributed by atoms with van der Waals surface area (Å²) in [5.74, 6) is -1.85. The SMILES string of the molecule is O=C(NC1CCC(CN2C(=O)C3(CN(c4nccnc4F)C3)c3ccc(F)cc32)CC1)c1cc(Cl)cnc1C(F)F. The van der Waals surface area contributed by atoms with Crippen LogP contribution in [0.5, 0.6) is 0 Å². The van der Waals surface area contributed by atoms with Gasteiger partial charge in [-0.1, -0.05) is 17.7 Å². The van der Waals surface area contributed by atoms with E-state index in [0.717, 1.165) is 6.20 Å². The lowest BCUT2D eigenvalue weighted by Crippen LogP contribution is -2.64. The van der Waals surface area contributed by atoms with Gasteiger partial charge in [0.1, 0.15) is 16.9 Å². The minimum Gasteiger partial charge on any atom is -0.350 e. The summed E-state index contributed by atoms with van der Waals surface area (Å²) in [5.41, 5.74) is -0.583. The zero-order valence-corrected chi connectivity index (χ0v) is 22.4. The average molecular weight is 589 g/mol. The standard InChI is InChI=1S/C28H25ClF4N6O2/c29-16-9-19(22(23(31)32)36-11-16)26(40)37-18-4-1-15(2-5-18)12-39-21-10-17(30)3-6-20(21)28(27(39)41)13-38(14-28)25-24(33)34-7-8-35-25/h3,6-11,15,18,23H,1-2,4-5,12-14H2,(H,37,40). The summed E-state index contributed by atoms with van der Waals surface area (Å²) in [4.78, 5) is 41.1. The molecule has 8 nitrogen and oxygen atoms in total. The Bertz CT molecular complexity index is 1510. The minimum atomic E-state index is -2.92. The molecule has 1 aromatic carbocycles. The summed E-state index contributed by atoms with van der Waals surface area (Å²) in [6.07, 6.45) is 3.29. The van der Waals surface area contributed by atoms with Crippen LogP contribution in [0.3, 0.4) is 0 Å². The van der Waals surface area contributed by atoms with Crippen molar-refractivity contribution in [1.82, 2.24) is 20.3 Å². The van der Waals surface area contributed by atoms with Crippen LogP contribution in [0.25, 0.3) is 0 Å². The first-order valence-electron chi connectivity index (χ1n) is 13.2. The number of alkyl halides is 2. The van der Waals surface area contributed by atoms with Crippen LogP contribution in [-0.2, 0) is 10.2 Å². The zero-order valence-electron chi connectivity index (χ0n) is 21.7. The molecule has 1 saturated heterocycles. The molecule has 2 aliphatic heterocycles. The van der Waals surface area contributed by atoms with E-state index in [0.29, 0.717) is 43.5 Å². The van der Waals surface area contributed by atoms with Crippen molar-refractivity contribution in [1.29, 1.82) is 0 Å². The number of nitrogens with zero attached hydrogens (tertiary/aromatic N) is 5. The fraction of sp³-hybridized carbons (Fsp3) is 0.393. The van der Waals surface area contributed by atoms with E-state index in [-0.39, 0.29) is 47.4 Å². The van der Waals surface area contributed by atoms with Crippen LogP contribution >= 0.6 is 11.6 Å². The number of hydrogen-bond acceptors (Lipinski definition) is 6. The summed E-state index contributed by atoms with van der Waals surface area (Å²) in [5, 5.41) is 2.90. The monoisotopic (exact) mass is 588 g/mol. The number of amides is 2. The molecule has 2 aromatic heterocycles. The number of hydrogen-bond donors (Lipinski definition) is 1. The first-order valence-corrected chi connectivity index (χ1v) is 13.6. The Kier molecular flexibility index (Phi) is 7.04. The van der Waals surface area contributed by atoms with Crippen molar-refractivity contribution in [2.45, 2.75) is 43.6 Å². The molecule has 1 N–H and O–H groups in total. The normalized spacial score (nSPS) is 21.3. The van der Waals surface area contributed by atoms with E-state index in [1.54, 1.807) is 15.9 Å². The maximum Gasteiger partial charge on any atom is 0.281 e. The molecule has 1 saturated carbocycles. The highest BCUT2D eigenvalue weighted by atomic mass is 35.5. The van der Waals surface area contributed by atoms with E-state index in [9.17, 15) is 27.2 Å². The molecule has 41 heavy (non-hydrogen) atoms. The van der Waals surface area contributed by atoms with E-state index in [1.165, 1.54) is 30.6 Å². The maximum absolute atomic E-state index is 14.3. The zero-order chi connectivity index (χ0) is 28.9. The third kappa shape index (κ3) is 4.87. The number of aromatic nitrogens is 3. The summed E-state index contributed by atoms with van der Waals surface area (Å²) in [6.45, 7) is 0.771. The minimum absolute atomic E-state index is 0.0719. The second kappa shape index (κ2) is 10.6. The second-order valence-electron chi connectivity index (χ2n) is 10.8. The van der Waals surface area contributed by atoms with Gasteiger partial charge in [0.2, 0.25) is 5.91 Å². The molecule has 2 fully saturated rings. The molecule has 0 atom stereocenters. The molecule has 2 amide bonds. The molecule has 3 aliphatic rings. The van der Waals surface area contributed by atoms with Gasteiger partial charge < -0.3 is 15.1 Å². The van der Waals surface area contributed by atoms with Crippen LogP contribution in [0.2, 0.25) is 5.02 Å². The Labute approximate surface area is 237 Å². The number of halogens is 5. The predicted octanol–water partition coefficient (Wildman–Crippen LogP) is 4.83. The van der Waals surface area contributed by atoms with E-state index in [2.05, 4.69) is 20.3 Å². The van der Waals surface area contributed by atoms with Crippen LogP contribution in [0.15, 0.2) is 42.9 Å². The summed E-state index contributed by atoms with van der Waals surface area (Å²) < 4.78 is 55.2. The fourth-order valence-corrected chi connectivity index (χ4v) is 6.36. The van der Waals surface area contributed by atoms with Gasteiger partial charge in [-0.25, -0.2) is 23.1 Å². The predicted molar refractivity (Wildman–Crippen MR) is 142 cm³/mol. The smallest absolute Gasteiger partial charge is 0.281 e. The first kappa shape index (κ1) is 27.4. The Hall–Kier alpha value is -3.80. The number of fused-ring (bicyclic) bond motifs is 2. The molecule has 214 valence electrons. The van der Waals surface area contributed by atoms with Crippen molar-refractivity contribution in [3.05, 3.63) is 76.5 Å². The molecule has 1 spiro atoms. The second-order valence-corrected chi connectivity index (χ2v) is 11.2. The van der Waals surface area contributed by atoms with E-state index in [1.807, 2.05) is 0 Å². The third-order valence-corrected chi connectivity index (χ3v) is 8.44. The van der Waals surface area contributed by atoms with Gasteiger partial charge in [0.25, 0.3) is 18.3 Å². The van der Waals surface area contributed by atoms with Crippen LogP contribution in [-0.4, -0.2) is 52.4 Å². The molecule has 3 aromatic rings. The number of benzene rings is 1. The summed E-state index contributed by atoms with van der Waals surface area (Å²) in [6, 6.07) is 5.25. The third-order valence-electron chi connectivity index (χ3n) is 8.24. The van der Waals surface area contributed by atoms with E-state index < -0.39 is 35.2 Å². The van der Waals surface area contributed by atoms with Gasteiger partial charge in [0.15, 0.2) is 5.82 Å². The Morgan fingerprint density at radius 1 is 1.07 bits per heavy atom. The summed E-state index contributed by atoms with van der Waals surface area (Å²) in [7, 11) is 0. The average Bonchev–Trinajstić information content (AvgIpc) is 3.16. The Morgan fingerprint density at radius 3 is 2.51 bits per heavy atom.